The van der Waals surface area contributed by atoms with Crippen LogP contribution in [0.1, 0.15) is 53.2 Å². The molecule has 7 heteroatoms. The van der Waals surface area contributed by atoms with E-state index in [9.17, 15) is 18.8 Å². The summed E-state index contributed by atoms with van der Waals surface area (Å²) in [5.41, 5.74) is 4.75. The summed E-state index contributed by atoms with van der Waals surface area (Å²) < 4.78 is 18.5. The summed E-state index contributed by atoms with van der Waals surface area (Å²) in [6.45, 7) is 6.01. The first-order valence-corrected chi connectivity index (χ1v) is 12.2. The highest BCUT2D eigenvalue weighted by Crippen LogP contribution is 2.38. The van der Waals surface area contributed by atoms with E-state index in [-0.39, 0.29) is 43.1 Å². The van der Waals surface area contributed by atoms with Crippen molar-refractivity contribution in [1.29, 1.82) is 0 Å². The van der Waals surface area contributed by atoms with Gasteiger partial charge >= 0.3 is 5.97 Å². The van der Waals surface area contributed by atoms with Crippen molar-refractivity contribution in [1.82, 2.24) is 4.90 Å². The minimum absolute atomic E-state index is 0.0878. The predicted molar refractivity (Wildman–Crippen MR) is 139 cm³/mol. The van der Waals surface area contributed by atoms with Crippen LogP contribution in [0.2, 0.25) is 0 Å². The Labute approximate surface area is 215 Å². The van der Waals surface area contributed by atoms with Gasteiger partial charge in [0.15, 0.2) is 0 Å². The molecule has 190 valence electrons. The van der Waals surface area contributed by atoms with Crippen molar-refractivity contribution >= 4 is 23.5 Å². The molecule has 4 rings (SSSR count). The molecule has 0 aromatic heterocycles. The van der Waals surface area contributed by atoms with Crippen LogP contribution in [0.25, 0.3) is 0 Å². The van der Waals surface area contributed by atoms with E-state index in [1.54, 1.807) is 43.0 Å². The van der Waals surface area contributed by atoms with E-state index in [2.05, 4.69) is 5.32 Å². The van der Waals surface area contributed by atoms with Crippen LogP contribution in [0.3, 0.4) is 0 Å². The zero-order valence-electron chi connectivity index (χ0n) is 21.1. The number of benzene rings is 3. The molecular formula is C30H29FN2O4. The number of nitrogens with zero attached hydrogens (tertiary/aromatic N) is 1. The molecule has 0 aliphatic carbocycles. The monoisotopic (exact) mass is 500 g/mol. The lowest BCUT2D eigenvalue weighted by atomic mass is 9.83. The quantitative estimate of drug-likeness (QED) is 0.420. The maximum atomic E-state index is 13.3. The second-order valence-corrected chi connectivity index (χ2v) is 9.03. The van der Waals surface area contributed by atoms with Gasteiger partial charge in [0.25, 0.3) is 5.91 Å². The van der Waals surface area contributed by atoms with Crippen molar-refractivity contribution in [3.8, 4) is 0 Å². The molecule has 0 bridgehead atoms. The van der Waals surface area contributed by atoms with E-state index in [4.69, 9.17) is 4.74 Å². The third-order valence-corrected chi connectivity index (χ3v) is 6.42. The number of carbonyl (C=O) groups excluding carboxylic acids is 3. The number of rotatable bonds is 7. The Morgan fingerprint density at radius 3 is 2.38 bits per heavy atom. The van der Waals surface area contributed by atoms with Crippen molar-refractivity contribution in [2.24, 2.45) is 0 Å². The van der Waals surface area contributed by atoms with Gasteiger partial charge in [0.1, 0.15) is 5.82 Å². The summed E-state index contributed by atoms with van der Waals surface area (Å²) >= 11 is 0. The zero-order valence-corrected chi connectivity index (χ0v) is 21.1. The molecule has 2 amide bonds. The van der Waals surface area contributed by atoms with E-state index < -0.39 is 5.97 Å². The highest BCUT2D eigenvalue weighted by atomic mass is 19.1. The lowest BCUT2D eigenvalue weighted by Crippen LogP contribution is -2.38. The van der Waals surface area contributed by atoms with Gasteiger partial charge in [0.2, 0.25) is 5.91 Å². The van der Waals surface area contributed by atoms with Gasteiger partial charge in [-0.05, 0) is 68.3 Å². The molecule has 1 aliphatic heterocycles. The average molecular weight is 501 g/mol. The van der Waals surface area contributed by atoms with E-state index in [1.807, 2.05) is 31.2 Å². The second kappa shape index (κ2) is 11.2. The SMILES string of the molecule is CCOC(=O)C1=C(C)N(Cc2ccc(C(=O)Nc3ccc(F)cc3)cc2)C(=O)CC1c1cccc(C)c1. The Morgan fingerprint density at radius 1 is 1.03 bits per heavy atom. The maximum Gasteiger partial charge on any atom is 0.336 e. The second-order valence-electron chi connectivity index (χ2n) is 9.03. The molecule has 0 saturated heterocycles. The number of halogens is 1. The molecule has 0 radical (unpaired) electrons. The van der Waals surface area contributed by atoms with E-state index in [1.165, 1.54) is 24.3 Å². The molecule has 1 N–H and O–H groups in total. The van der Waals surface area contributed by atoms with Crippen LogP contribution < -0.4 is 5.32 Å². The molecular weight excluding hydrogens is 471 g/mol. The van der Waals surface area contributed by atoms with Crippen molar-refractivity contribution in [3.05, 3.63) is 112 Å². The van der Waals surface area contributed by atoms with E-state index in [0.717, 1.165) is 16.7 Å². The number of ether oxygens (including phenoxy) is 1. The number of hydrogen-bond donors (Lipinski definition) is 1. The topological polar surface area (TPSA) is 75.7 Å². The molecule has 37 heavy (non-hydrogen) atoms. The normalized spacial score (nSPS) is 15.5. The molecule has 1 atom stereocenters. The fourth-order valence-corrected chi connectivity index (χ4v) is 4.53. The first-order valence-electron chi connectivity index (χ1n) is 12.2. The fourth-order valence-electron chi connectivity index (χ4n) is 4.53. The highest BCUT2D eigenvalue weighted by molar-refractivity contribution is 6.04. The van der Waals surface area contributed by atoms with E-state index >= 15 is 0 Å². The van der Waals surface area contributed by atoms with E-state index in [0.29, 0.717) is 22.5 Å². The predicted octanol–water partition coefficient (Wildman–Crippen LogP) is 5.74. The zero-order chi connectivity index (χ0) is 26.5. The van der Waals surface area contributed by atoms with Crippen molar-refractivity contribution in [2.75, 3.05) is 11.9 Å². The van der Waals surface area contributed by atoms with Gasteiger partial charge in [-0.25, -0.2) is 9.18 Å². The van der Waals surface area contributed by atoms with Gasteiger partial charge in [-0.1, -0.05) is 42.0 Å². The number of hydrogen-bond acceptors (Lipinski definition) is 4. The average Bonchev–Trinajstić information content (AvgIpc) is 2.88. The molecule has 1 aliphatic rings. The van der Waals surface area contributed by atoms with Gasteiger partial charge in [-0.15, -0.1) is 0 Å². The number of nitrogens with one attached hydrogen (secondary N) is 1. The number of esters is 1. The molecule has 0 fully saturated rings. The Morgan fingerprint density at radius 2 is 1.73 bits per heavy atom. The largest absolute Gasteiger partial charge is 0.463 e. The van der Waals surface area contributed by atoms with Crippen LogP contribution >= 0.6 is 0 Å². The van der Waals surface area contributed by atoms with Crippen LogP contribution in [-0.4, -0.2) is 29.3 Å². The molecule has 3 aromatic rings. The van der Waals surface area contributed by atoms with Crippen LogP contribution in [0, 0.1) is 12.7 Å². The Bertz CT molecular complexity index is 1350. The van der Waals surface area contributed by atoms with Crippen LogP contribution in [0.4, 0.5) is 10.1 Å². The summed E-state index contributed by atoms with van der Waals surface area (Å²) in [5, 5.41) is 2.73. The number of carbonyl (C=O) groups is 3. The standard InChI is InChI=1S/C30H29FN2O4/c1-4-37-30(36)28-20(3)33(27(34)17-26(28)23-7-5-6-19(2)16-23)18-21-8-10-22(11-9-21)29(35)32-25-14-12-24(31)13-15-25/h5-16,26H,4,17-18H2,1-3H3,(H,32,35). The molecule has 3 aromatic carbocycles. The first kappa shape index (κ1) is 25.8. The Balaban J connectivity index is 1.56. The molecule has 1 unspecified atom stereocenters. The van der Waals surface area contributed by atoms with Crippen molar-refractivity contribution < 1.29 is 23.5 Å². The maximum absolute atomic E-state index is 13.3. The molecule has 0 spiro atoms. The summed E-state index contributed by atoms with van der Waals surface area (Å²) in [6, 6.07) is 20.3. The lowest BCUT2D eigenvalue weighted by molar-refractivity contribution is -0.140. The third-order valence-electron chi connectivity index (χ3n) is 6.42. The Hall–Kier alpha value is -4.26. The smallest absolute Gasteiger partial charge is 0.336 e. The summed E-state index contributed by atoms with van der Waals surface area (Å²) in [5.74, 6) is -1.59. The van der Waals surface area contributed by atoms with Gasteiger partial charge in [0.05, 0.1) is 18.7 Å². The highest BCUT2D eigenvalue weighted by Gasteiger charge is 2.36. The lowest BCUT2D eigenvalue weighted by Gasteiger charge is -2.34. The number of allylic oxidation sites excluding steroid dienone is 1. The van der Waals surface area contributed by atoms with Gasteiger partial charge in [-0.3, -0.25) is 9.59 Å². The molecule has 0 saturated carbocycles. The number of aryl methyl sites for hydroxylation is 1. The third kappa shape index (κ3) is 5.94. The summed E-state index contributed by atoms with van der Waals surface area (Å²) in [4.78, 5) is 40.4. The van der Waals surface area contributed by atoms with Gasteiger partial charge in [0, 0.05) is 29.3 Å². The number of amides is 2. The molecule has 1 heterocycles. The summed E-state index contributed by atoms with van der Waals surface area (Å²) in [7, 11) is 0. The number of anilines is 1. The van der Waals surface area contributed by atoms with Crippen LogP contribution in [-0.2, 0) is 20.9 Å². The fraction of sp³-hybridized carbons (Fsp3) is 0.233. The van der Waals surface area contributed by atoms with Crippen molar-refractivity contribution in [3.63, 3.8) is 0 Å². The minimum Gasteiger partial charge on any atom is -0.463 e. The van der Waals surface area contributed by atoms with Gasteiger partial charge < -0.3 is 15.0 Å². The van der Waals surface area contributed by atoms with Crippen LogP contribution in [0.15, 0.2) is 84.1 Å². The summed E-state index contributed by atoms with van der Waals surface area (Å²) in [6.07, 6.45) is 0.160. The van der Waals surface area contributed by atoms with Gasteiger partial charge in [-0.2, -0.15) is 0 Å². The van der Waals surface area contributed by atoms with Crippen LogP contribution in [0.5, 0.6) is 0 Å². The van der Waals surface area contributed by atoms with Crippen molar-refractivity contribution in [2.45, 2.75) is 39.7 Å². The Kier molecular flexibility index (Phi) is 7.82. The molecule has 6 nitrogen and oxygen atoms in total. The first-order chi connectivity index (χ1) is 17.8. The minimum atomic E-state index is -0.420.